The van der Waals surface area contributed by atoms with Crippen LogP contribution in [0.15, 0.2) is 105 Å². The molecule has 0 N–H and O–H groups in total. The Hall–Kier alpha value is -4.95. The molecule has 9 heteroatoms. The van der Waals surface area contributed by atoms with Gasteiger partial charge in [0.25, 0.3) is 5.56 Å². The Balaban J connectivity index is 1.48. The smallest absolute Gasteiger partial charge is 0.282 e. The van der Waals surface area contributed by atoms with E-state index in [9.17, 15) is 9.18 Å². The van der Waals surface area contributed by atoms with Crippen molar-refractivity contribution in [2.75, 3.05) is 7.11 Å². The number of para-hydroxylation sites is 2. The number of hydrogen-bond donors (Lipinski definition) is 0. The van der Waals surface area contributed by atoms with Crippen molar-refractivity contribution in [2.24, 2.45) is 5.10 Å². The van der Waals surface area contributed by atoms with E-state index in [-0.39, 0.29) is 23.7 Å². The zero-order valence-electron chi connectivity index (χ0n) is 21.2. The van der Waals surface area contributed by atoms with Crippen LogP contribution < -0.4 is 15.0 Å². The summed E-state index contributed by atoms with van der Waals surface area (Å²) in [5, 5.41) is 6.12. The number of furan rings is 1. The molecule has 0 saturated carbocycles. The van der Waals surface area contributed by atoms with Crippen molar-refractivity contribution in [3.05, 3.63) is 123 Å². The molecule has 4 aromatic carbocycles. The average molecular weight is 554 g/mol. The van der Waals surface area contributed by atoms with Crippen molar-refractivity contribution in [1.29, 1.82) is 0 Å². The van der Waals surface area contributed by atoms with Crippen LogP contribution >= 0.6 is 11.6 Å². The summed E-state index contributed by atoms with van der Waals surface area (Å²) < 4.78 is 32.9. The number of halogens is 2. The first kappa shape index (κ1) is 25.3. The summed E-state index contributed by atoms with van der Waals surface area (Å²) in [6.07, 6.45) is 1.43. The summed E-state index contributed by atoms with van der Waals surface area (Å²) in [5.41, 5.74) is 1.55. The molecule has 2 aromatic heterocycles. The van der Waals surface area contributed by atoms with Gasteiger partial charge in [0.15, 0.2) is 17.3 Å². The minimum absolute atomic E-state index is 0.0623. The maximum Gasteiger partial charge on any atom is 0.282 e. The van der Waals surface area contributed by atoms with E-state index in [4.69, 9.17) is 30.5 Å². The van der Waals surface area contributed by atoms with Crippen molar-refractivity contribution in [3.8, 4) is 23.1 Å². The van der Waals surface area contributed by atoms with Crippen LogP contribution in [0.3, 0.4) is 0 Å². The number of fused-ring (bicyclic) bond motifs is 2. The van der Waals surface area contributed by atoms with Gasteiger partial charge in [0.1, 0.15) is 18.0 Å². The number of nitrogens with zero attached hydrogens (tertiary/aromatic N) is 3. The van der Waals surface area contributed by atoms with Gasteiger partial charge >= 0.3 is 0 Å². The van der Waals surface area contributed by atoms with Gasteiger partial charge in [-0.2, -0.15) is 9.78 Å². The van der Waals surface area contributed by atoms with Crippen LogP contribution in [-0.2, 0) is 6.61 Å². The van der Waals surface area contributed by atoms with E-state index in [2.05, 4.69) is 5.10 Å². The molecule has 6 aromatic rings. The molecule has 0 atom stereocenters. The van der Waals surface area contributed by atoms with Crippen LogP contribution in [-0.4, -0.2) is 23.0 Å². The van der Waals surface area contributed by atoms with Gasteiger partial charge in [-0.05, 0) is 36.4 Å². The van der Waals surface area contributed by atoms with E-state index in [0.717, 1.165) is 5.39 Å². The highest BCUT2D eigenvalue weighted by atomic mass is 35.5. The van der Waals surface area contributed by atoms with Crippen LogP contribution in [0.5, 0.6) is 11.5 Å². The molecule has 0 unspecified atom stereocenters. The van der Waals surface area contributed by atoms with E-state index < -0.39 is 5.82 Å². The van der Waals surface area contributed by atoms with Crippen molar-refractivity contribution < 1.29 is 18.3 Å². The third-order valence-electron chi connectivity index (χ3n) is 6.31. The van der Waals surface area contributed by atoms with E-state index in [1.54, 1.807) is 48.5 Å². The van der Waals surface area contributed by atoms with E-state index >= 15 is 0 Å². The van der Waals surface area contributed by atoms with E-state index in [1.165, 1.54) is 24.1 Å². The topological polar surface area (TPSA) is 78.9 Å². The number of rotatable bonds is 7. The van der Waals surface area contributed by atoms with Gasteiger partial charge in [0, 0.05) is 27.6 Å². The van der Waals surface area contributed by atoms with Crippen LogP contribution in [0.25, 0.3) is 33.5 Å². The Morgan fingerprint density at radius 2 is 1.80 bits per heavy atom. The summed E-state index contributed by atoms with van der Waals surface area (Å²) in [5.74, 6) is 0.813. The first-order chi connectivity index (χ1) is 19.5. The lowest BCUT2D eigenvalue weighted by molar-refractivity contribution is 0.279. The molecule has 2 heterocycles. The molecule has 0 bridgehead atoms. The highest BCUT2D eigenvalue weighted by molar-refractivity contribution is 6.31. The molecular weight excluding hydrogens is 533 g/mol. The maximum atomic E-state index is 14.3. The number of methoxy groups -OCH3 is 1. The normalized spacial score (nSPS) is 11.5. The fourth-order valence-corrected chi connectivity index (χ4v) is 4.58. The minimum Gasteiger partial charge on any atom is -0.493 e. The molecule has 0 aliphatic carbocycles. The lowest BCUT2D eigenvalue weighted by Crippen LogP contribution is -2.20. The average Bonchev–Trinajstić information content (AvgIpc) is 3.41. The molecule has 0 spiro atoms. The molecule has 6 rings (SSSR count). The molecule has 7 nitrogen and oxygen atoms in total. The SMILES string of the molecule is COc1cc(Cl)cc(C=Nn2c(-c3cc4ccccc4o3)nc3ccccc3c2=O)c1OCc1ccccc1F. The Labute approximate surface area is 232 Å². The van der Waals surface area contributed by atoms with Gasteiger partial charge < -0.3 is 13.9 Å². The Kier molecular flexibility index (Phi) is 6.76. The zero-order valence-corrected chi connectivity index (χ0v) is 21.9. The number of aromatic nitrogens is 2. The molecule has 0 aliphatic rings. The molecule has 198 valence electrons. The monoisotopic (exact) mass is 553 g/mol. The quantitative estimate of drug-likeness (QED) is 0.198. The molecule has 0 saturated heterocycles. The second-order valence-electron chi connectivity index (χ2n) is 8.87. The first-order valence-corrected chi connectivity index (χ1v) is 12.7. The number of benzene rings is 4. The molecular formula is C31H21ClFN3O4. The van der Waals surface area contributed by atoms with Gasteiger partial charge in [0.05, 0.1) is 24.2 Å². The second-order valence-corrected chi connectivity index (χ2v) is 9.31. The van der Waals surface area contributed by atoms with Crippen LogP contribution in [0.1, 0.15) is 11.1 Å². The molecule has 40 heavy (non-hydrogen) atoms. The second kappa shape index (κ2) is 10.7. The van der Waals surface area contributed by atoms with Crippen LogP contribution in [0.2, 0.25) is 5.02 Å². The summed E-state index contributed by atoms with van der Waals surface area (Å²) in [6, 6.07) is 25.8. The standard InChI is InChI=1S/C31H21ClFN3O4/c1-38-27-16-22(32)14-21(29(27)39-18-20-9-2-5-11-24(20)33)17-34-36-30(28-15-19-8-3-7-13-26(19)40-28)35-25-12-6-4-10-23(25)31(36)37/h2-17H,18H2,1H3. The lowest BCUT2D eigenvalue weighted by Gasteiger charge is -2.14. The Morgan fingerprint density at radius 3 is 2.62 bits per heavy atom. The van der Waals surface area contributed by atoms with Crippen LogP contribution in [0, 0.1) is 5.82 Å². The predicted molar refractivity (Wildman–Crippen MR) is 153 cm³/mol. The third-order valence-corrected chi connectivity index (χ3v) is 6.53. The Bertz CT molecular complexity index is 1930. The predicted octanol–water partition coefficient (Wildman–Crippen LogP) is 7.07. The van der Waals surface area contributed by atoms with Crippen molar-refractivity contribution in [1.82, 2.24) is 9.66 Å². The zero-order chi connectivity index (χ0) is 27.6. The summed E-state index contributed by atoms with van der Waals surface area (Å²) in [7, 11) is 1.47. The summed E-state index contributed by atoms with van der Waals surface area (Å²) in [6.45, 7) is -0.0623. The van der Waals surface area contributed by atoms with Crippen molar-refractivity contribution in [3.63, 3.8) is 0 Å². The molecule has 0 radical (unpaired) electrons. The van der Waals surface area contributed by atoms with E-state index in [0.29, 0.717) is 44.1 Å². The molecule has 0 aliphatic heterocycles. The van der Waals surface area contributed by atoms with Crippen molar-refractivity contribution in [2.45, 2.75) is 6.61 Å². The van der Waals surface area contributed by atoms with Gasteiger partial charge in [-0.25, -0.2) is 9.37 Å². The fourth-order valence-electron chi connectivity index (χ4n) is 4.36. The largest absolute Gasteiger partial charge is 0.493 e. The number of hydrogen-bond acceptors (Lipinski definition) is 6. The van der Waals surface area contributed by atoms with Gasteiger partial charge in [0.2, 0.25) is 5.82 Å². The van der Waals surface area contributed by atoms with Gasteiger partial charge in [-0.1, -0.05) is 60.1 Å². The number of ether oxygens (including phenoxy) is 2. The van der Waals surface area contributed by atoms with Gasteiger partial charge in [-0.3, -0.25) is 4.79 Å². The highest BCUT2D eigenvalue weighted by Gasteiger charge is 2.18. The third kappa shape index (κ3) is 4.81. The van der Waals surface area contributed by atoms with Crippen molar-refractivity contribution >= 4 is 39.7 Å². The lowest BCUT2D eigenvalue weighted by atomic mass is 10.2. The highest BCUT2D eigenvalue weighted by Crippen LogP contribution is 2.35. The summed E-state index contributed by atoms with van der Waals surface area (Å²) in [4.78, 5) is 18.3. The fraction of sp³-hybridized carbons (Fsp3) is 0.0645. The van der Waals surface area contributed by atoms with E-state index in [1.807, 2.05) is 36.4 Å². The molecule has 0 amide bonds. The van der Waals surface area contributed by atoms with Crippen LogP contribution in [0.4, 0.5) is 4.39 Å². The molecule has 0 fully saturated rings. The Morgan fingerprint density at radius 1 is 1.02 bits per heavy atom. The maximum absolute atomic E-state index is 14.3. The first-order valence-electron chi connectivity index (χ1n) is 12.3. The summed E-state index contributed by atoms with van der Waals surface area (Å²) >= 11 is 6.35. The van der Waals surface area contributed by atoms with Gasteiger partial charge in [-0.15, -0.1) is 0 Å². The minimum atomic E-state index is -0.394.